The van der Waals surface area contributed by atoms with Crippen LogP contribution in [0.3, 0.4) is 0 Å². The van der Waals surface area contributed by atoms with E-state index in [0.29, 0.717) is 23.4 Å². The molecule has 3 aromatic rings. The first-order valence-electron chi connectivity index (χ1n) is 9.32. The highest BCUT2D eigenvalue weighted by Crippen LogP contribution is 2.15. The molecule has 3 rings (SSSR count). The number of benzene rings is 2. The van der Waals surface area contributed by atoms with Crippen LogP contribution in [0.1, 0.15) is 30.6 Å². The van der Waals surface area contributed by atoms with Gasteiger partial charge in [0.2, 0.25) is 5.88 Å². The first-order chi connectivity index (χ1) is 14.4. The van der Waals surface area contributed by atoms with E-state index in [9.17, 15) is 18.8 Å². The van der Waals surface area contributed by atoms with Crippen LogP contribution in [0.4, 0.5) is 10.1 Å². The monoisotopic (exact) mass is 409 g/mol. The topological polar surface area (TPSA) is 90.3 Å². The average Bonchev–Trinajstić information content (AvgIpc) is 2.74. The van der Waals surface area contributed by atoms with Crippen molar-refractivity contribution in [3.05, 3.63) is 82.4 Å². The molecule has 8 heteroatoms. The summed E-state index contributed by atoms with van der Waals surface area (Å²) in [6.45, 7) is 3.22. The van der Waals surface area contributed by atoms with Gasteiger partial charge in [0.1, 0.15) is 5.82 Å². The number of ether oxygens (including phenoxy) is 1. The number of aromatic nitrogens is 2. The maximum absolute atomic E-state index is 13.1. The highest BCUT2D eigenvalue weighted by Gasteiger charge is 2.20. The molecule has 30 heavy (non-hydrogen) atoms. The summed E-state index contributed by atoms with van der Waals surface area (Å²) < 4.78 is 19.9. The molecule has 1 amide bonds. The lowest BCUT2D eigenvalue weighted by Crippen LogP contribution is -2.33. The molecular weight excluding hydrogens is 389 g/mol. The number of ketones is 1. The van der Waals surface area contributed by atoms with Gasteiger partial charge in [0.25, 0.3) is 11.5 Å². The summed E-state index contributed by atoms with van der Waals surface area (Å²) in [6.07, 6.45) is -0.534. The molecule has 0 aliphatic rings. The van der Waals surface area contributed by atoms with Crippen LogP contribution in [-0.4, -0.2) is 27.6 Å². The molecule has 2 aromatic carbocycles. The number of carbonyl (C=O) groups is 2. The molecular formula is C22H20FN3O4. The van der Waals surface area contributed by atoms with E-state index >= 15 is 0 Å². The Labute approximate surface area is 172 Å². The summed E-state index contributed by atoms with van der Waals surface area (Å²) >= 11 is 0. The van der Waals surface area contributed by atoms with Gasteiger partial charge >= 0.3 is 0 Å². The average molecular weight is 409 g/mol. The fraction of sp³-hybridized carbons (Fsp3) is 0.182. The molecule has 1 N–H and O–H groups in total. The number of hydrogen-bond acceptors (Lipinski definition) is 5. The van der Waals surface area contributed by atoms with Crippen LogP contribution in [0.25, 0.3) is 5.69 Å². The number of nitrogens with zero attached hydrogens (tertiary/aromatic N) is 2. The zero-order valence-corrected chi connectivity index (χ0v) is 16.5. The summed E-state index contributed by atoms with van der Waals surface area (Å²) in [4.78, 5) is 36.3. The van der Waals surface area contributed by atoms with Crippen molar-refractivity contribution in [3.63, 3.8) is 0 Å². The number of Topliss-reactive ketones (excluding diaryl/α,β-unsaturated/α-hetero) is 1. The van der Waals surface area contributed by atoms with Crippen molar-refractivity contribution in [2.45, 2.75) is 26.4 Å². The van der Waals surface area contributed by atoms with Gasteiger partial charge in [-0.1, -0.05) is 19.1 Å². The van der Waals surface area contributed by atoms with Crippen molar-refractivity contribution in [1.29, 1.82) is 0 Å². The van der Waals surface area contributed by atoms with E-state index in [4.69, 9.17) is 4.74 Å². The van der Waals surface area contributed by atoms with E-state index in [1.54, 1.807) is 31.2 Å². The van der Waals surface area contributed by atoms with E-state index in [1.165, 1.54) is 43.3 Å². The summed E-state index contributed by atoms with van der Waals surface area (Å²) in [5, 5.41) is 6.84. The quantitative estimate of drug-likeness (QED) is 0.604. The van der Waals surface area contributed by atoms with Gasteiger partial charge in [0.15, 0.2) is 11.9 Å². The fourth-order valence-corrected chi connectivity index (χ4v) is 2.73. The van der Waals surface area contributed by atoms with E-state index in [0.717, 1.165) is 4.68 Å². The van der Waals surface area contributed by atoms with Crippen LogP contribution in [0, 0.1) is 5.82 Å². The molecule has 0 aliphatic heterocycles. The molecule has 0 unspecified atom stereocenters. The van der Waals surface area contributed by atoms with Crippen LogP contribution in [0.15, 0.2) is 65.5 Å². The SMILES string of the molecule is CC[C@H](Oc1ccc(=O)n(-c2ccc(F)cc2)n1)C(=O)Nc1cccc(C(C)=O)c1. The smallest absolute Gasteiger partial charge is 0.271 e. The molecule has 1 heterocycles. The third kappa shape index (κ3) is 4.96. The molecule has 0 bridgehead atoms. The van der Waals surface area contributed by atoms with Gasteiger partial charge in [-0.05, 0) is 49.7 Å². The van der Waals surface area contributed by atoms with Crippen molar-refractivity contribution in [2.24, 2.45) is 0 Å². The minimum Gasteiger partial charge on any atom is -0.463 e. The Morgan fingerprint density at radius 3 is 2.53 bits per heavy atom. The first-order valence-corrected chi connectivity index (χ1v) is 9.32. The van der Waals surface area contributed by atoms with Gasteiger partial charge in [-0.15, -0.1) is 5.10 Å². The molecule has 0 saturated heterocycles. The van der Waals surface area contributed by atoms with Crippen molar-refractivity contribution in [3.8, 4) is 11.6 Å². The third-order valence-electron chi connectivity index (χ3n) is 4.31. The lowest BCUT2D eigenvalue weighted by Gasteiger charge is -2.17. The van der Waals surface area contributed by atoms with Gasteiger partial charge in [-0.2, -0.15) is 4.68 Å². The highest BCUT2D eigenvalue weighted by atomic mass is 19.1. The van der Waals surface area contributed by atoms with Crippen molar-refractivity contribution >= 4 is 17.4 Å². The number of nitrogens with one attached hydrogen (secondary N) is 1. The standard InChI is InChI=1S/C22H20FN3O4/c1-3-19(22(29)24-17-6-4-5-15(13-17)14(2)27)30-20-11-12-21(28)26(25-20)18-9-7-16(23)8-10-18/h4-13,19H,3H2,1-2H3,(H,24,29)/t19-/m0/s1. The van der Waals surface area contributed by atoms with E-state index in [-0.39, 0.29) is 11.7 Å². The Morgan fingerprint density at radius 2 is 1.87 bits per heavy atom. The molecule has 7 nitrogen and oxygen atoms in total. The van der Waals surface area contributed by atoms with Gasteiger partial charge in [-0.3, -0.25) is 14.4 Å². The lowest BCUT2D eigenvalue weighted by molar-refractivity contribution is -0.123. The number of halogens is 1. The van der Waals surface area contributed by atoms with Gasteiger partial charge in [0.05, 0.1) is 5.69 Å². The Balaban J connectivity index is 1.78. The van der Waals surface area contributed by atoms with Crippen LogP contribution in [0.2, 0.25) is 0 Å². The number of carbonyl (C=O) groups excluding carboxylic acids is 2. The third-order valence-corrected chi connectivity index (χ3v) is 4.31. The predicted molar refractivity (Wildman–Crippen MR) is 110 cm³/mol. The second kappa shape index (κ2) is 9.13. The number of anilines is 1. The van der Waals surface area contributed by atoms with Crippen LogP contribution in [-0.2, 0) is 4.79 Å². The number of rotatable bonds is 7. The van der Waals surface area contributed by atoms with Crippen molar-refractivity contribution < 1.29 is 18.7 Å². The minimum atomic E-state index is -0.877. The van der Waals surface area contributed by atoms with Crippen LogP contribution >= 0.6 is 0 Å². The summed E-state index contributed by atoms with van der Waals surface area (Å²) in [6, 6.07) is 14.5. The Morgan fingerprint density at radius 1 is 1.13 bits per heavy atom. The maximum Gasteiger partial charge on any atom is 0.271 e. The molecule has 0 spiro atoms. The van der Waals surface area contributed by atoms with Gasteiger partial charge < -0.3 is 10.1 Å². The number of hydrogen-bond donors (Lipinski definition) is 1. The summed E-state index contributed by atoms with van der Waals surface area (Å²) in [5.41, 5.74) is 0.895. The number of amides is 1. The largest absolute Gasteiger partial charge is 0.463 e. The van der Waals surface area contributed by atoms with Gasteiger partial charge in [-0.25, -0.2) is 4.39 Å². The normalized spacial score (nSPS) is 11.6. The molecule has 0 fully saturated rings. The fourth-order valence-electron chi connectivity index (χ4n) is 2.73. The second-order valence-corrected chi connectivity index (χ2v) is 6.54. The molecule has 1 atom stereocenters. The Kier molecular flexibility index (Phi) is 6.36. The van der Waals surface area contributed by atoms with Gasteiger partial charge in [0, 0.05) is 23.4 Å². The zero-order chi connectivity index (χ0) is 21.7. The zero-order valence-electron chi connectivity index (χ0n) is 16.5. The van der Waals surface area contributed by atoms with Crippen molar-refractivity contribution in [2.75, 3.05) is 5.32 Å². The highest BCUT2D eigenvalue weighted by molar-refractivity contribution is 5.98. The lowest BCUT2D eigenvalue weighted by atomic mass is 10.1. The Bertz CT molecular complexity index is 1130. The summed E-state index contributed by atoms with van der Waals surface area (Å²) in [5.74, 6) is -0.893. The molecule has 0 aliphatic carbocycles. The van der Waals surface area contributed by atoms with Crippen LogP contribution in [0.5, 0.6) is 5.88 Å². The predicted octanol–water partition coefficient (Wildman–Crippen LogP) is 3.37. The summed E-state index contributed by atoms with van der Waals surface area (Å²) in [7, 11) is 0. The van der Waals surface area contributed by atoms with E-state index in [2.05, 4.69) is 10.4 Å². The van der Waals surface area contributed by atoms with Crippen LogP contribution < -0.4 is 15.6 Å². The molecule has 1 aromatic heterocycles. The van der Waals surface area contributed by atoms with E-state index < -0.39 is 23.4 Å². The minimum absolute atomic E-state index is 0.0680. The maximum atomic E-state index is 13.1. The van der Waals surface area contributed by atoms with Crippen molar-refractivity contribution in [1.82, 2.24) is 9.78 Å². The Hall–Kier alpha value is -3.81. The van der Waals surface area contributed by atoms with E-state index in [1.807, 2.05) is 0 Å². The second-order valence-electron chi connectivity index (χ2n) is 6.54. The first kappa shape index (κ1) is 20.9. The molecule has 154 valence electrons. The molecule has 0 radical (unpaired) electrons. The molecule has 0 saturated carbocycles.